The van der Waals surface area contributed by atoms with Crippen LogP contribution in [0.2, 0.25) is 0 Å². The fourth-order valence-electron chi connectivity index (χ4n) is 3.62. The molecule has 0 saturated carbocycles. The molecular formula is C23H29N3O5S2. The van der Waals surface area contributed by atoms with Gasteiger partial charge < -0.3 is 15.0 Å². The van der Waals surface area contributed by atoms with Gasteiger partial charge in [-0.25, -0.2) is 8.42 Å². The number of nitrogens with zero attached hydrogens (tertiary/aromatic N) is 1. The van der Waals surface area contributed by atoms with Crippen LogP contribution in [0.1, 0.15) is 40.0 Å². The summed E-state index contributed by atoms with van der Waals surface area (Å²) in [4.78, 5) is 28.1. The molecule has 2 aromatic carbocycles. The second-order valence-electron chi connectivity index (χ2n) is 7.61. The molecule has 1 aliphatic heterocycles. The highest BCUT2D eigenvalue weighted by atomic mass is 32.2. The van der Waals surface area contributed by atoms with Gasteiger partial charge in [-0.05, 0) is 55.9 Å². The number of carbonyl (C=O) groups excluding carboxylic acids is 2. The van der Waals surface area contributed by atoms with Crippen molar-refractivity contribution >= 4 is 39.3 Å². The Balaban J connectivity index is 1.88. The molecule has 2 amide bonds. The van der Waals surface area contributed by atoms with Crippen molar-refractivity contribution in [3.63, 3.8) is 0 Å². The number of piperidine rings is 1. The Kier molecular flexibility index (Phi) is 8.76. The largest absolute Gasteiger partial charge is 0.383 e. The molecule has 2 N–H and O–H groups in total. The third-order valence-corrected chi connectivity index (χ3v) is 7.52. The number of likely N-dealkylation sites (tertiary alicyclic amines) is 1. The zero-order valence-corrected chi connectivity index (χ0v) is 20.4. The highest BCUT2D eigenvalue weighted by molar-refractivity contribution is 7.98. The summed E-state index contributed by atoms with van der Waals surface area (Å²) in [5, 5.41) is 2.69. The van der Waals surface area contributed by atoms with E-state index in [1.54, 1.807) is 29.2 Å². The van der Waals surface area contributed by atoms with Crippen LogP contribution in [0.25, 0.3) is 0 Å². The number of amides is 2. The number of nitrogens with one attached hydrogen (secondary N) is 2. The van der Waals surface area contributed by atoms with Crippen LogP contribution in [-0.2, 0) is 14.8 Å². The molecule has 1 saturated heterocycles. The van der Waals surface area contributed by atoms with Gasteiger partial charge in [0.2, 0.25) is 0 Å². The minimum atomic E-state index is -4.04. The van der Waals surface area contributed by atoms with Crippen molar-refractivity contribution < 1.29 is 22.7 Å². The van der Waals surface area contributed by atoms with Crippen molar-refractivity contribution in [3.8, 4) is 0 Å². The minimum Gasteiger partial charge on any atom is -0.383 e. The fraction of sp³-hybridized carbons (Fsp3) is 0.391. The molecule has 0 bridgehead atoms. The van der Waals surface area contributed by atoms with Gasteiger partial charge in [0.05, 0.1) is 28.3 Å². The van der Waals surface area contributed by atoms with Gasteiger partial charge in [0, 0.05) is 31.6 Å². The average molecular weight is 492 g/mol. The Hall–Kier alpha value is -2.56. The fourth-order valence-corrected chi connectivity index (χ4v) is 5.30. The number of ether oxygens (including phenoxy) is 1. The topological polar surface area (TPSA) is 105 Å². The van der Waals surface area contributed by atoms with Crippen molar-refractivity contribution in [1.29, 1.82) is 0 Å². The summed E-state index contributed by atoms with van der Waals surface area (Å²) in [7, 11) is -2.51. The summed E-state index contributed by atoms with van der Waals surface area (Å²) in [6.07, 6.45) is 4.84. The molecule has 0 unspecified atom stereocenters. The molecule has 2 aromatic rings. The van der Waals surface area contributed by atoms with Crippen molar-refractivity contribution in [3.05, 3.63) is 53.6 Å². The first kappa shape index (κ1) is 25.1. The number of hydrogen-bond donors (Lipinski definition) is 2. The smallest absolute Gasteiger partial charge is 0.261 e. The van der Waals surface area contributed by atoms with Crippen molar-refractivity contribution in [1.82, 2.24) is 10.2 Å². The Morgan fingerprint density at radius 2 is 1.79 bits per heavy atom. The van der Waals surface area contributed by atoms with Crippen LogP contribution >= 0.6 is 11.8 Å². The molecule has 0 spiro atoms. The number of thioether (sulfide) groups is 1. The van der Waals surface area contributed by atoms with E-state index < -0.39 is 15.9 Å². The number of carbonyl (C=O) groups is 2. The summed E-state index contributed by atoms with van der Waals surface area (Å²) >= 11 is 1.40. The Morgan fingerprint density at radius 1 is 1.06 bits per heavy atom. The molecule has 0 aliphatic carbocycles. The quantitative estimate of drug-likeness (QED) is 0.412. The maximum atomic E-state index is 13.2. The number of benzene rings is 2. The number of methoxy groups -OCH3 is 1. The zero-order valence-electron chi connectivity index (χ0n) is 18.8. The van der Waals surface area contributed by atoms with E-state index in [0.717, 1.165) is 24.2 Å². The Morgan fingerprint density at radius 3 is 2.48 bits per heavy atom. The van der Waals surface area contributed by atoms with E-state index in [2.05, 4.69) is 10.0 Å². The standard InChI is InChI=1S/C23H29N3O5S2/c1-31-15-12-24-22(27)18-8-4-5-9-20(18)25-33(29,30)17-10-11-21(32-2)19(16-17)23(28)26-13-6-3-7-14-26/h4-5,8-11,16,25H,3,6-7,12-15H2,1-2H3,(H,24,27). The summed E-state index contributed by atoms with van der Waals surface area (Å²) in [5.41, 5.74) is 0.727. The number of anilines is 1. The van der Waals surface area contributed by atoms with Gasteiger partial charge in [-0.15, -0.1) is 11.8 Å². The first-order chi connectivity index (χ1) is 15.9. The first-order valence-electron chi connectivity index (χ1n) is 10.7. The van der Waals surface area contributed by atoms with Crippen molar-refractivity contribution in [2.45, 2.75) is 29.1 Å². The van der Waals surface area contributed by atoms with Crippen LogP contribution in [0.15, 0.2) is 52.3 Å². The molecule has 0 radical (unpaired) electrons. The average Bonchev–Trinajstić information content (AvgIpc) is 2.84. The molecule has 1 fully saturated rings. The molecule has 178 valence electrons. The van der Waals surface area contributed by atoms with E-state index >= 15 is 0 Å². The monoisotopic (exact) mass is 491 g/mol. The third-order valence-electron chi connectivity index (χ3n) is 5.36. The molecule has 33 heavy (non-hydrogen) atoms. The second-order valence-corrected chi connectivity index (χ2v) is 10.1. The molecule has 10 heteroatoms. The number of hydrogen-bond acceptors (Lipinski definition) is 6. The molecule has 3 rings (SSSR count). The molecule has 1 aliphatic rings. The summed E-state index contributed by atoms with van der Waals surface area (Å²) in [6.45, 7) is 1.99. The Labute approximate surface area is 199 Å². The lowest BCUT2D eigenvalue weighted by Crippen LogP contribution is -2.36. The summed E-state index contributed by atoms with van der Waals surface area (Å²) in [6, 6.07) is 10.9. The maximum absolute atomic E-state index is 13.2. The summed E-state index contributed by atoms with van der Waals surface area (Å²) < 4.78 is 33.8. The lowest BCUT2D eigenvalue weighted by molar-refractivity contribution is 0.0720. The number of para-hydroxylation sites is 1. The SMILES string of the molecule is COCCNC(=O)c1ccccc1NS(=O)(=O)c1ccc(SC)c(C(=O)N2CCCCC2)c1. The van der Waals surface area contributed by atoms with Crippen LogP contribution in [-0.4, -0.2) is 64.7 Å². The van der Waals surface area contributed by atoms with Crippen LogP contribution in [0.4, 0.5) is 5.69 Å². The molecule has 0 aromatic heterocycles. The molecule has 0 atom stereocenters. The maximum Gasteiger partial charge on any atom is 0.261 e. The van der Waals surface area contributed by atoms with Gasteiger partial charge in [-0.1, -0.05) is 12.1 Å². The molecule has 1 heterocycles. The second kappa shape index (κ2) is 11.5. The van der Waals surface area contributed by atoms with E-state index in [1.165, 1.54) is 37.1 Å². The van der Waals surface area contributed by atoms with E-state index in [0.29, 0.717) is 31.8 Å². The van der Waals surface area contributed by atoms with Gasteiger partial charge in [-0.3, -0.25) is 14.3 Å². The molecular weight excluding hydrogens is 462 g/mol. The van der Waals surface area contributed by atoms with E-state index in [4.69, 9.17) is 4.74 Å². The lowest BCUT2D eigenvalue weighted by Gasteiger charge is -2.27. The number of rotatable bonds is 9. The van der Waals surface area contributed by atoms with Crippen molar-refractivity contribution in [2.75, 3.05) is 44.3 Å². The van der Waals surface area contributed by atoms with Gasteiger partial charge in [0.25, 0.3) is 21.8 Å². The zero-order chi connectivity index (χ0) is 23.8. The minimum absolute atomic E-state index is 0.0322. The first-order valence-corrected chi connectivity index (χ1v) is 13.4. The van der Waals surface area contributed by atoms with E-state index in [9.17, 15) is 18.0 Å². The van der Waals surface area contributed by atoms with Crippen LogP contribution in [0.3, 0.4) is 0 Å². The number of sulfonamides is 1. The van der Waals surface area contributed by atoms with Gasteiger partial charge in [0.1, 0.15) is 0 Å². The normalized spacial score (nSPS) is 14.1. The Bertz CT molecular complexity index is 1100. The van der Waals surface area contributed by atoms with Gasteiger partial charge >= 0.3 is 0 Å². The lowest BCUT2D eigenvalue weighted by atomic mass is 10.1. The predicted octanol–water partition coefficient (Wildman–Crippen LogP) is 3.21. The van der Waals surface area contributed by atoms with E-state index in [-0.39, 0.29) is 22.1 Å². The molecule has 8 nitrogen and oxygen atoms in total. The van der Waals surface area contributed by atoms with Crippen molar-refractivity contribution in [2.24, 2.45) is 0 Å². The van der Waals surface area contributed by atoms with E-state index in [1.807, 2.05) is 6.26 Å². The summed E-state index contributed by atoms with van der Waals surface area (Å²) in [5.74, 6) is -0.571. The van der Waals surface area contributed by atoms with Crippen LogP contribution in [0.5, 0.6) is 0 Å². The van der Waals surface area contributed by atoms with Gasteiger partial charge in [-0.2, -0.15) is 0 Å². The third kappa shape index (κ3) is 6.27. The van der Waals surface area contributed by atoms with Gasteiger partial charge in [0.15, 0.2) is 0 Å². The van der Waals surface area contributed by atoms with Crippen LogP contribution < -0.4 is 10.0 Å². The highest BCUT2D eigenvalue weighted by Crippen LogP contribution is 2.28. The highest BCUT2D eigenvalue weighted by Gasteiger charge is 2.24. The van der Waals surface area contributed by atoms with Crippen LogP contribution in [0, 0.1) is 0 Å². The predicted molar refractivity (Wildman–Crippen MR) is 129 cm³/mol.